The molecule has 0 saturated heterocycles. The number of hydrogen-bond donors (Lipinski definition) is 1. The number of rotatable bonds is 6. The van der Waals surface area contributed by atoms with Crippen LogP contribution in [0.5, 0.6) is 0 Å². The SMILES string of the molecule is COCCCNC(=O)c1sc(-c2ccccc2)nc1C. The highest BCUT2D eigenvalue weighted by Gasteiger charge is 2.15. The molecule has 0 radical (unpaired) electrons. The van der Waals surface area contributed by atoms with Crippen LogP contribution in [0.2, 0.25) is 0 Å². The predicted octanol–water partition coefficient (Wildman–Crippen LogP) is 2.88. The minimum Gasteiger partial charge on any atom is -0.385 e. The Labute approximate surface area is 122 Å². The quantitative estimate of drug-likeness (QED) is 0.832. The maximum absolute atomic E-state index is 12.1. The van der Waals surface area contributed by atoms with Crippen molar-refractivity contribution in [3.05, 3.63) is 40.9 Å². The fraction of sp³-hybridized carbons (Fsp3) is 0.333. The minimum atomic E-state index is -0.0571. The Kier molecular flexibility index (Phi) is 5.26. The van der Waals surface area contributed by atoms with Crippen molar-refractivity contribution >= 4 is 17.2 Å². The number of benzene rings is 1. The summed E-state index contributed by atoms with van der Waals surface area (Å²) >= 11 is 1.43. The smallest absolute Gasteiger partial charge is 0.263 e. The molecule has 1 aromatic heterocycles. The molecule has 0 saturated carbocycles. The molecule has 4 nitrogen and oxygen atoms in total. The van der Waals surface area contributed by atoms with E-state index < -0.39 is 0 Å². The second-order valence-corrected chi connectivity index (χ2v) is 5.40. The summed E-state index contributed by atoms with van der Waals surface area (Å²) in [4.78, 5) is 17.3. The van der Waals surface area contributed by atoms with E-state index in [1.54, 1.807) is 7.11 Å². The number of nitrogens with zero attached hydrogens (tertiary/aromatic N) is 1. The molecule has 0 unspecified atom stereocenters. The Morgan fingerprint density at radius 2 is 2.10 bits per heavy atom. The summed E-state index contributed by atoms with van der Waals surface area (Å²) in [6.07, 6.45) is 0.811. The molecule has 106 valence electrons. The second-order valence-electron chi connectivity index (χ2n) is 4.40. The maximum atomic E-state index is 12.1. The summed E-state index contributed by atoms with van der Waals surface area (Å²) in [5, 5.41) is 3.77. The van der Waals surface area contributed by atoms with Gasteiger partial charge in [-0.2, -0.15) is 0 Å². The first-order chi connectivity index (χ1) is 9.72. The number of nitrogens with one attached hydrogen (secondary N) is 1. The largest absolute Gasteiger partial charge is 0.385 e. The molecule has 5 heteroatoms. The fourth-order valence-corrected chi connectivity index (χ4v) is 2.80. The van der Waals surface area contributed by atoms with Crippen LogP contribution in [0, 0.1) is 6.92 Å². The summed E-state index contributed by atoms with van der Waals surface area (Å²) in [6.45, 7) is 3.13. The van der Waals surface area contributed by atoms with Gasteiger partial charge in [-0.3, -0.25) is 4.79 Å². The van der Waals surface area contributed by atoms with Gasteiger partial charge in [0.15, 0.2) is 0 Å². The highest BCUT2D eigenvalue weighted by Crippen LogP contribution is 2.27. The lowest BCUT2D eigenvalue weighted by Gasteiger charge is -2.02. The average Bonchev–Trinajstić information content (AvgIpc) is 2.86. The van der Waals surface area contributed by atoms with E-state index in [1.165, 1.54) is 11.3 Å². The molecule has 0 spiro atoms. The molecule has 0 fully saturated rings. The first kappa shape index (κ1) is 14.7. The third-order valence-corrected chi connectivity index (χ3v) is 4.04. The van der Waals surface area contributed by atoms with E-state index in [2.05, 4.69) is 10.3 Å². The molecule has 20 heavy (non-hydrogen) atoms. The first-order valence-corrected chi connectivity index (χ1v) is 7.34. The van der Waals surface area contributed by atoms with Gasteiger partial charge in [-0.1, -0.05) is 30.3 Å². The monoisotopic (exact) mass is 290 g/mol. The molecule has 1 N–H and O–H groups in total. The Morgan fingerprint density at radius 3 is 2.80 bits per heavy atom. The van der Waals surface area contributed by atoms with Gasteiger partial charge in [0.05, 0.1) is 5.69 Å². The van der Waals surface area contributed by atoms with Gasteiger partial charge >= 0.3 is 0 Å². The van der Waals surface area contributed by atoms with Crippen molar-refractivity contribution in [3.8, 4) is 10.6 Å². The van der Waals surface area contributed by atoms with Gasteiger partial charge in [0, 0.05) is 25.8 Å². The standard InChI is InChI=1S/C15H18N2O2S/c1-11-13(14(18)16-9-6-10-19-2)20-15(17-11)12-7-4-3-5-8-12/h3-5,7-8H,6,9-10H2,1-2H3,(H,16,18). The lowest BCUT2D eigenvalue weighted by molar-refractivity contribution is 0.0952. The van der Waals surface area contributed by atoms with E-state index in [0.29, 0.717) is 18.0 Å². The summed E-state index contributed by atoms with van der Waals surface area (Å²) in [6, 6.07) is 9.90. The lowest BCUT2D eigenvalue weighted by atomic mass is 10.2. The number of ether oxygens (including phenoxy) is 1. The number of hydrogen-bond acceptors (Lipinski definition) is 4. The summed E-state index contributed by atoms with van der Waals surface area (Å²) in [7, 11) is 1.65. The lowest BCUT2D eigenvalue weighted by Crippen LogP contribution is -2.24. The number of aromatic nitrogens is 1. The molecular formula is C15H18N2O2S. The van der Waals surface area contributed by atoms with E-state index >= 15 is 0 Å². The van der Waals surface area contributed by atoms with Crippen LogP contribution in [-0.2, 0) is 4.74 Å². The van der Waals surface area contributed by atoms with Crippen LogP contribution in [0.25, 0.3) is 10.6 Å². The van der Waals surface area contributed by atoms with Crippen LogP contribution < -0.4 is 5.32 Å². The highest BCUT2D eigenvalue weighted by atomic mass is 32.1. The van der Waals surface area contributed by atoms with Crippen molar-refractivity contribution in [2.75, 3.05) is 20.3 Å². The normalized spacial score (nSPS) is 10.5. The van der Waals surface area contributed by atoms with Gasteiger partial charge in [0.25, 0.3) is 5.91 Å². The number of thiazole rings is 1. The van der Waals surface area contributed by atoms with Gasteiger partial charge < -0.3 is 10.1 Å². The number of amides is 1. The maximum Gasteiger partial charge on any atom is 0.263 e. The van der Waals surface area contributed by atoms with E-state index in [-0.39, 0.29) is 5.91 Å². The van der Waals surface area contributed by atoms with Crippen molar-refractivity contribution in [2.24, 2.45) is 0 Å². The van der Waals surface area contributed by atoms with Crippen molar-refractivity contribution < 1.29 is 9.53 Å². The number of carbonyl (C=O) groups excluding carboxylic acids is 1. The van der Waals surface area contributed by atoms with Crippen LogP contribution >= 0.6 is 11.3 Å². The third-order valence-electron chi connectivity index (χ3n) is 2.83. The number of methoxy groups -OCH3 is 1. The predicted molar refractivity (Wildman–Crippen MR) is 81.1 cm³/mol. The molecule has 0 atom stereocenters. The zero-order chi connectivity index (χ0) is 14.4. The van der Waals surface area contributed by atoms with Crippen molar-refractivity contribution in [2.45, 2.75) is 13.3 Å². The van der Waals surface area contributed by atoms with E-state index in [4.69, 9.17) is 4.74 Å². The summed E-state index contributed by atoms with van der Waals surface area (Å²) in [5.74, 6) is -0.0571. The highest BCUT2D eigenvalue weighted by molar-refractivity contribution is 7.17. The third kappa shape index (κ3) is 3.65. The molecule has 2 aromatic rings. The zero-order valence-corrected chi connectivity index (χ0v) is 12.5. The van der Waals surface area contributed by atoms with Gasteiger partial charge in [0.1, 0.15) is 9.88 Å². The van der Waals surface area contributed by atoms with Crippen LogP contribution in [0.4, 0.5) is 0 Å². The summed E-state index contributed by atoms with van der Waals surface area (Å²) in [5.41, 5.74) is 1.82. The molecule has 2 rings (SSSR count). The van der Waals surface area contributed by atoms with Crippen LogP contribution in [-0.4, -0.2) is 31.2 Å². The number of aryl methyl sites for hydroxylation is 1. The first-order valence-electron chi connectivity index (χ1n) is 6.52. The Bertz CT molecular complexity index is 567. The molecule has 0 aliphatic rings. The van der Waals surface area contributed by atoms with E-state index in [1.807, 2.05) is 37.3 Å². The van der Waals surface area contributed by atoms with Crippen LogP contribution in [0.1, 0.15) is 21.8 Å². The van der Waals surface area contributed by atoms with Crippen molar-refractivity contribution in [1.29, 1.82) is 0 Å². The summed E-state index contributed by atoms with van der Waals surface area (Å²) < 4.78 is 4.95. The Balaban J connectivity index is 2.06. The van der Waals surface area contributed by atoms with E-state index in [0.717, 1.165) is 22.7 Å². The molecular weight excluding hydrogens is 272 g/mol. The fourth-order valence-electron chi connectivity index (χ4n) is 1.81. The van der Waals surface area contributed by atoms with Gasteiger partial charge in [0.2, 0.25) is 0 Å². The van der Waals surface area contributed by atoms with Crippen LogP contribution in [0.3, 0.4) is 0 Å². The van der Waals surface area contributed by atoms with Gasteiger partial charge in [-0.15, -0.1) is 11.3 Å². The molecule has 0 bridgehead atoms. The van der Waals surface area contributed by atoms with E-state index in [9.17, 15) is 4.79 Å². The Morgan fingerprint density at radius 1 is 1.35 bits per heavy atom. The molecule has 0 aliphatic carbocycles. The van der Waals surface area contributed by atoms with Gasteiger partial charge in [-0.05, 0) is 13.3 Å². The molecule has 1 heterocycles. The molecule has 1 amide bonds. The molecule has 1 aromatic carbocycles. The topological polar surface area (TPSA) is 51.2 Å². The zero-order valence-electron chi connectivity index (χ0n) is 11.7. The molecule has 0 aliphatic heterocycles. The van der Waals surface area contributed by atoms with Crippen molar-refractivity contribution in [1.82, 2.24) is 10.3 Å². The minimum absolute atomic E-state index is 0.0571. The average molecular weight is 290 g/mol. The van der Waals surface area contributed by atoms with Crippen LogP contribution in [0.15, 0.2) is 30.3 Å². The number of carbonyl (C=O) groups is 1. The Hall–Kier alpha value is -1.72. The van der Waals surface area contributed by atoms with Crippen molar-refractivity contribution in [3.63, 3.8) is 0 Å². The second kappa shape index (κ2) is 7.17. The van der Waals surface area contributed by atoms with Gasteiger partial charge in [-0.25, -0.2) is 4.98 Å².